The first kappa shape index (κ1) is 95.1. The fraction of sp³-hybridized carbons (Fsp3) is 0.949. The van der Waals surface area contributed by atoms with Gasteiger partial charge in [-0.1, -0.05) is 344 Å². The zero-order valence-electron chi connectivity index (χ0n) is 63.7. The van der Waals surface area contributed by atoms with E-state index in [0.717, 1.165) is 114 Å². The van der Waals surface area contributed by atoms with Crippen LogP contribution in [0.1, 0.15) is 396 Å². The zero-order chi connectivity index (χ0) is 71.7. The van der Waals surface area contributed by atoms with E-state index < -0.39 is 97.5 Å². The van der Waals surface area contributed by atoms with Crippen LogP contribution in [0.15, 0.2) is 0 Å². The molecule has 4 unspecified atom stereocenters. The topological polar surface area (TPSA) is 237 Å². The van der Waals surface area contributed by atoms with Gasteiger partial charge in [-0.05, 0) is 49.4 Å². The lowest BCUT2D eigenvalue weighted by atomic mass is 9.99. The molecule has 0 rings (SSSR count). The van der Waals surface area contributed by atoms with Crippen LogP contribution >= 0.6 is 15.6 Å². The minimum atomic E-state index is -4.96. The number of rotatable bonds is 75. The van der Waals surface area contributed by atoms with Gasteiger partial charge in [-0.15, -0.1) is 0 Å². The number of carbonyl (C=O) groups excluding carboxylic acids is 4. The second kappa shape index (κ2) is 67.2. The Balaban J connectivity index is 5.19. The highest BCUT2D eigenvalue weighted by Gasteiger charge is 2.30. The standard InChI is InChI=1S/C78H152O17P2/c1-9-71(8)57-49-41-33-23-18-16-14-12-10-11-13-15-17-19-24-36-44-52-60-77(82)94-73(64-88-75(80)58-50-42-34-28-26-31-39-47-55-69(4)5)66-92-96(84,85)90-62-72(79)63-91-97(86,87)93-67-74(65-89-76(81)59-51-43-35-29-27-32-40-48-56-70(6)7)95-78(83)61-53-45-37-25-21-20-22-30-38-46-54-68(2)3/h68-74,79H,9-67H2,1-8H3,(H,84,85)(H,86,87)/t71?,72?,73-,74-/m1/s1. The molecule has 0 fully saturated rings. The summed E-state index contributed by atoms with van der Waals surface area (Å²) >= 11 is 0. The van der Waals surface area contributed by atoms with Crippen LogP contribution in [0.3, 0.4) is 0 Å². The predicted octanol–water partition coefficient (Wildman–Crippen LogP) is 22.8. The molecular weight excluding hydrogens is 1270 g/mol. The van der Waals surface area contributed by atoms with Crippen LogP contribution in [0.4, 0.5) is 0 Å². The van der Waals surface area contributed by atoms with Crippen LogP contribution in [0, 0.1) is 23.7 Å². The van der Waals surface area contributed by atoms with E-state index in [-0.39, 0.29) is 25.7 Å². The lowest BCUT2D eigenvalue weighted by molar-refractivity contribution is -0.161. The number of hydrogen-bond donors (Lipinski definition) is 3. The van der Waals surface area contributed by atoms with Crippen molar-refractivity contribution in [2.75, 3.05) is 39.6 Å². The largest absolute Gasteiger partial charge is 0.472 e. The van der Waals surface area contributed by atoms with E-state index in [1.54, 1.807) is 0 Å². The summed E-state index contributed by atoms with van der Waals surface area (Å²) in [5.74, 6) is 0.955. The Morgan fingerprint density at radius 3 is 0.732 bits per heavy atom. The number of unbranched alkanes of at least 4 members (excludes halogenated alkanes) is 40. The summed E-state index contributed by atoms with van der Waals surface area (Å²) in [7, 11) is -9.91. The van der Waals surface area contributed by atoms with E-state index in [4.69, 9.17) is 37.0 Å². The lowest BCUT2D eigenvalue weighted by Gasteiger charge is -2.21. The van der Waals surface area contributed by atoms with E-state index in [2.05, 4.69) is 55.4 Å². The zero-order valence-corrected chi connectivity index (χ0v) is 65.5. The van der Waals surface area contributed by atoms with Gasteiger partial charge in [0.15, 0.2) is 12.2 Å². The van der Waals surface area contributed by atoms with Crippen molar-refractivity contribution in [1.82, 2.24) is 0 Å². The molecule has 0 aliphatic carbocycles. The van der Waals surface area contributed by atoms with Crippen LogP contribution in [-0.2, 0) is 65.4 Å². The van der Waals surface area contributed by atoms with E-state index in [9.17, 15) is 43.2 Å². The molecule has 0 aromatic rings. The van der Waals surface area contributed by atoms with Crippen molar-refractivity contribution in [3.63, 3.8) is 0 Å². The van der Waals surface area contributed by atoms with Crippen molar-refractivity contribution in [3.05, 3.63) is 0 Å². The summed E-state index contributed by atoms with van der Waals surface area (Å²) in [6.07, 6.45) is 52.9. The van der Waals surface area contributed by atoms with Gasteiger partial charge in [0, 0.05) is 25.7 Å². The number of esters is 4. The molecule has 17 nitrogen and oxygen atoms in total. The minimum absolute atomic E-state index is 0.105. The SMILES string of the molecule is CCC(C)CCCCCCCCCCCCCCCCCCCCC(=O)O[C@H](COC(=O)CCCCCCCCCCC(C)C)COP(=O)(O)OCC(O)COP(=O)(O)OC[C@@H](COC(=O)CCCCCCCCCCC(C)C)OC(=O)CCCCCCCCCCCCC(C)C. The second-order valence-corrected chi connectivity index (χ2v) is 32.7. The van der Waals surface area contributed by atoms with Crippen LogP contribution in [-0.4, -0.2) is 96.7 Å². The van der Waals surface area contributed by atoms with Gasteiger partial charge >= 0.3 is 39.5 Å². The van der Waals surface area contributed by atoms with Gasteiger partial charge in [0.05, 0.1) is 26.4 Å². The summed E-state index contributed by atoms with van der Waals surface area (Å²) < 4.78 is 68.5. The first-order valence-corrected chi connectivity index (χ1v) is 43.2. The van der Waals surface area contributed by atoms with Gasteiger partial charge in [0.25, 0.3) is 0 Å². The van der Waals surface area contributed by atoms with Crippen molar-refractivity contribution in [1.29, 1.82) is 0 Å². The van der Waals surface area contributed by atoms with Gasteiger partial charge in [0.1, 0.15) is 19.3 Å². The molecule has 0 bridgehead atoms. The third-order valence-electron chi connectivity index (χ3n) is 18.4. The molecule has 0 aromatic carbocycles. The maximum atomic E-state index is 13.1. The molecule has 0 aromatic heterocycles. The molecule has 0 radical (unpaired) electrons. The highest BCUT2D eigenvalue weighted by molar-refractivity contribution is 7.47. The first-order chi connectivity index (χ1) is 46.6. The molecule has 3 N–H and O–H groups in total. The quantitative estimate of drug-likeness (QED) is 0.0222. The Hall–Kier alpha value is -1.94. The Labute approximate surface area is 594 Å². The number of ether oxygens (including phenoxy) is 4. The third kappa shape index (κ3) is 70.9. The van der Waals surface area contributed by atoms with E-state index in [1.807, 2.05) is 0 Å². The van der Waals surface area contributed by atoms with Crippen LogP contribution in [0.25, 0.3) is 0 Å². The summed E-state index contributed by atoms with van der Waals surface area (Å²) in [6.45, 7) is 14.2. The number of aliphatic hydroxyl groups is 1. The molecule has 0 saturated heterocycles. The molecule has 0 spiro atoms. The lowest BCUT2D eigenvalue weighted by Crippen LogP contribution is -2.30. The molecule has 0 aliphatic rings. The van der Waals surface area contributed by atoms with Crippen LogP contribution < -0.4 is 0 Å². The summed E-state index contributed by atoms with van der Waals surface area (Å²) in [6, 6.07) is 0. The Kier molecular flexibility index (Phi) is 65.9. The number of aliphatic hydroxyl groups excluding tert-OH is 1. The van der Waals surface area contributed by atoms with Crippen molar-refractivity contribution in [3.8, 4) is 0 Å². The van der Waals surface area contributed by atoms with Crippen molar-refractivity contribution < 1.29 is 80.2 Å². The number of hydrogen-bond acceptors (Lipinski definition) is 15. The maximum Gasteiger partial charge on any atom is 0.472 e. The van der Waals surface area contributed by atoms with Gasteiger partial charge in [-0.2, -0.15) is 0 Å². The number of carbonyl (C=O) groups is 4. The second-order valence-electron chi connectivity index (χ2n) is 29.8. The monoisotopic (exact) mass is 1420 g/mol. The van der Waals surface area contributed by atoms with Gasteiger partial charge in [0.2, 0.25) is 0 Å². The Bertz CT molecular complexity index is 1900. The first-order valence-electron chi connectivity index (χ1n) is 40.2. The van der Waals surface area contributed by atoms with E-state index in [1.165, 1.54) is 199 Å². The van der Waals surface area contributed by atoms with Gasteiger partial charge in [-0.3, -0.25) is 37.3 Å². The maximum absolute atomic E-state index is 13.1. The predicted molar refractivity (Wildman–Crippen MR) is 395 cm³/mol. The molecule has 576 valence electrons. The number of phosphoric ester groups is 2. The molecule has 0 amide bonds. The summed E-state index contributed by atoms with van der Waals surface area (Å²) in [5.41, 5.74) is 0. The molecule has 97 heavy (non-hydrogen) atoms. The molecular formula is C78H152O17P2. The molecule has 6 atom stereocenters. The highest BCUT2D eigenvalue weighted by Crippen LogP contribution is 2.45. The third-order valence-corrected chi connectivity index (χ3v) is 20.3. The van der Waals surface area contributed by atoms with Gasteiger partial charge < -0.3 is 33.8 Å². The normalized spacial score (nSPS) is 14.4. The molecule has 19 heteroatoms. The fourth-order valence-corrected chi connectivity index (χ4v) is 13.5. The molecule has 0 heterocycles. The van der Waals surface area contributed by atoms with E-state index in [0.29, 0.717) is 25.7 Å². The summed E-state index contributed by atoms with van der Waals surface area (Å²) in [4.78, 5) is 72.8. The Morgan fingerprint density at radius 1 is 0.289 bits per heavy atom. The van der Waals surface area contributed by atoms with Crippen molar-refractivity contribution in [2.45, 2.75) is 414 Å². The number of phosphoric acid groups is 2. The minimum Gasteiger partial charge on any atom is -0.462 e. The average Bonchev–Trinajstić information content (AvgIpc) is 1.14. The van der Waals surface area contributed by atoms with Gasteiger partial charge in [-0.25, -0.2) is 9.13 Å². The highest BCUT2D eigenvalue weighted by atomic mass is 31.2. The van der Waals surface area contributed by atoms with Crippen molar-refractivity contribution in [2.24, 2.45) is 23.7 Å². The van der Waals surface area contributed by atoms with Crippen molar-refractivity contribution >= 4 is 39.5 Å². The molecule has 0 saturated carbocycles. The van der Waals surface area contributed by atoms with Crippen LogP contribution in [0.5, 0.6) is 0 Å². The van der Waals surface area contributed by atoms with E-state index >= 15 is 0 Å². The van der Waals surface area contributed by atoms with Crippen LogP contribution in [0.2, 0.25) is 0 Å². The molecule has 0 aliphatic heterocycles. The Morgan fingerprint density at radius 2 is 0.495 bits per heavy atom. The summed E-state index contributed by atoms with van der Waals surface area (Å²) in [5, 5.41) is 10.6. The fourth-order valence-electron chi connectivity index (χ4n) is 11.9. The average molecular weight is 1420 g/mol. The smallest absolute Gasteiger partial charge is 0.462 e.